The number of anilines is 1. The maximum atomic E-state index is 13.9. The smallest absolute Gasteiger partial charge is 0.388 e. The number of hydrogen-bond donors (Lipinski definition) is 1. The predicted molar refractivity (Wildman–Crippen MR) is 117 cm³/mol. The lowest BCUT2D eigenvalue weighted by Crippen LogP contribution is -2.15. The van der Waals surface area contributed by atoms with E-state index in [1.54, 1.807) is 30.5 Å². The number of benzene rings is 2. The minimum absolute atomic E-state index is 0.210. The van der Waals surface area contributed by atoms with Crippen molar-refractivity contribution < 1.29 is 18.0 Å². The van der Waals surface area contributed by atoms with Crippen LogP contribution in [0.1, 0.15) is 34.7 Å². The van der Waals surface area contributed by atoms with Gasteiger partial charge in [0.15, 0.2) is 0 Å². The van der Waals surface area contributed by atoms with Crippen molar-refractivity contribution in [3.05, 3.63) is 88.0 Å². The van der Waals surface area contributed by atoms with Crippen LogP contribution in [0.3, 0.4) is 0 Å². The third-order valence-corrected chi connectivity index (χ3v) is 5.48. The molecule has 7 nitrogen and oxygen atoms in total. The molecule has 0 bridgehead atoms. The molecule has 0 radical (unpaired) electrons. The van der Waals surface area contributed by atoms with Crippen LogP contribution in [0.5, 0.6) is 0 Å². The number of hydrogen-bond acceptors (Lipinski definition) is 5. The molecule has 1 N–H and O–H groups in total. The lowest BCUT2D eigenvalue weighted by atomic mass is 10.0. The standard InChI is InChI=1S/C24H18F2N4O3/c1-30-24(32)33-23(29-30)15-11-17(13-5-6-13)21(27-12-15)14-7-9-16(10-8-14)28-22(31)20-18(25)3-2-4-19(20)26/h2-4,7-13H,5-6H2,1H3,(H,28,31). The van der Waals surface area contributed by atoms with Crippen molar-refractivity contribution in [1.29, 1.82) is 0 Å². The van der Waals surface area contributed by atoms with Gasteiger partial charge in [-0.25, -0.2) is 13.6 Å². The predicted octanol–water partition coefficient (Wildman–Crippen LogP) is 4.51. The second-order valence-corrected chi connectivity index (χ2v) is 7.86. The Hall–Kier alpha value is -4.14. The van der Waals surface area contributed by atoms with Crippen LogP contribution in [-0.2, 0) is 7.05 Å². The summed E-state index contributed by atoms with van der Waals surface area (Å²) in [7, 11) is 1.51. The molecule has 5 rings (SSSR count). The molecule has 1 fully saturated rings. The molecule has 0 unspecified atom stereocenters. The summed E-state index contributed by atoms with van der Waals surface area (Å²) in [5, 5.41) is 6.60. The third kappa shape index (κ3) is 4.05. The molecule has 1 saturated carbocycles. The number of amides is 1. The van der Waals surface area contributed by atoms with Gasteiger partial charge in [-0.2, -0.15) is 4.68 Å². The van der Waals surface area contributed by atoms with Crippen LogP contribution in [0.4, 0.5) is 14.5 Å². The van der Waals surface area contributed by atoms with Gasteiger partial charge in [0.2, 0.25) is 0 Å². The van der Waals surface area contributed by atoms with Crippen LogP contribution in [0.2, 0.25) is 0 Å². The molecule has 0 saturated heterocycles. The number of pyridine rings is 1. The van der Waals surface area contributed by atoms with Gasteiger partial charge in [-0.05, 0) is 54.7 Å². The fourth-order valence-electron chi connectivity index (χ4n) is 3.63. The van der Waals surface area contributed by atoms with Crippen molar-refractivity contribution in [2.24, 2.45) is 7.05 Å². The number of aromatic nitrogens is 3. The largest absolute Gasteiger partial charge is 0.437 e. The molecule has 0 spiro atoms. The topological polar surface area (TPSA) is 90.0 Å². The Kier molecular flexibility index (Phi) is 5.08. The molecule has 0 aliphatic heterocycles. The van der Waals surface area contributed by atoms with Crippen LogP contribution in [0, 0.1) is 11.6 Å². The molecule has 1 aliphatic rings. The minimum Gasteiger partial charge on any atom is -0.388 e. The first-order valence-corrected chi connectivity index (χ1v) is 10.3. The Labute approximate surface area is 186 Å². The molecular formula is C24H18F2N4O3. The molecule has 2 aromatic carbocycles. The van der Waals surface area contributed by atoms with Crippen molar-refractivity contribution >= 4 is 11.6 Å². The van der Waals surface area contributed by atoms with Gasteiger partial charge in [0, 0.05) is 24.5 Å². The highest BCUT2D eigenvalue weighted by Gasteiger charge is 2.28. The molecule has 1 amide bonds. The average Bonchev–Trinajstić information content (AvgIpc) is 3.59. The summed E-state index contributed by atoms with van der Waals surface area (Å²) in [4.78, 5) is 28.5. The van der Waals surface area contributed by atoms with E-state index in [2.05, 4.69) is 15.4 Å². The van der Waals surface area contributed by atoms with Crippen molar-refractivity contribution in [2.75, 3.05) is 5.32 Å². The van der Waals surface area contributed by atoms with Crippen molar-refractivity contribution in [3.63, 3.8) is 0 Å². The zero-order valence-corrected chi connectivity index (χ0v) is 17.5. The van der Waals surface area contributed by atoms with Gasteiger partial charge in [0.05, 0.1) is 11.3 Å². The van der Waals surface area contributed by atoms with Crippen LogP contribution in [0.15, 0.2) is 63.9 Å². The SMILES string of the molecule is Cn1nc(-c2cnc(-c3ccc(NC(=O)c4c(F)cccc4F)cc3)c(C3CC3)c2)oc1=O. The van der Waals surface area contributed by atoms with Crippen LogP contribution >= 0.6 is 0 Å². The van der Waals surface area contributed by atoms with E-state index >= 15 is 0 Å². The molecule has 0 atom stereocenters. The Morgan fingerprint density at radius 1 is 1.09 bits per heavy atom. The Morgan fingerprint density at radius 2 is 1.79 bits per heavy atom. The second kappa shape index (κ2) is 8.09. The highest BCUT2D eigenvalue weighted by molar-refractivity contribution is 6.04. The number of aryl methyl sites for hydroxylation is 1. The number of nitrogens with one attached hydrogen (secondary N) is 1. The first-order valence-electron chi connectivity index (χ1n) is 10.3. The van der Waals surface area contributed by atoms with Gasteiger partial charge >= 0.3 is 5.76 Å². The van der Waals surface area contributed by atoms with Gasteiger partial charge in [-0.3, -0.25) is 9.78 Å². The fourth-order valence-corrected chi connectivity index (χ4v) is 3.63. The summed E-state index contributed by atoms with van der Waals surface area (Å²) in [6.45, 7) is 0. The highest BCUT2D eigenvalue weighted by Crippen LogP contribution is 2.44. The third-order valence-electron chi connectivity index (χ3n) is 5.48. The lowest BCUT2D eigenvalue weighted by Gasteiger charge is -2.11. The molecule has 4 aromatic rings. The Balaban J connectivity index is 1.42. The van der Waals surface area contributed by atoms with Gasteiger partial charge in [0.25, 0.3) is 11.8 Å². The van der Waals surface area contributed by atoms with Gasteiger partial charge < -0.3 is 9.73 Å². The monoisotopic (exact) mass is 448 g/mol. The molecule has 1 aliphatic carbocycles. The van der Waals surface area contributed by atoms with E-state index in [0.29, 0.717) is 17.2 Å². The Morgan fingerprint density at radius 3 is 2.39 bits per heavy atom. The van der Waals surface area contributed by atoms with Gasteiger partial charge in [-0.1, -0.05) is 18.2 Å². The van der Waals surface area contributed by atoms with Crippen LogP contribution in [-0.4, -0.2) is 20.7 Å². The summed E-state index contributed by atoms with van der Waals surface area (Å²) in [5.41, 5.74) is 3.00. The van der Waals surface area contributed by atoms with E-state index in [-0.39, 0.29) is 5.89 Å². The van der Waals surface area contributed by atoms with E-state index < -0.39 is 28.9 Å². The summed E-state index contributed by atoms with van der Waals surface area (Å²) in [6, 6.07) is 12.1. The first-order chi connectivity index (χ1) is 15.9. The lowest BCUT2D eigenvalue weighted by molar-refractivity contribution is 0.101. The van der Waals surface area contributed by atoms with E-state index in [0.717, 1.165) is 46.5 Å². The van der Waals surface area contributed by atoms with Crippen LogP contribution < -0.4 is 11.1 Å². The van der Waals surface area contributed by atoms with Crippen molar-refractivity contribution in [3.8, 4) is 22.7 Å². The summed E-state index contributed by atoms with van der Waals surface area (Å²) >= 11 is 0. The zero-order chi connectivity index (χ0) is 23.1. The van der Waals surface area contributed by atoms with E-state index in [4.69, 9.17) is 4.42 Å². The van der Waals surface area contributed by atoms with E-state index in [1.807, 2.05) is 6.07 Å². The van der Waals surface area contributed by atoms with E-state index in [9.17, 15) is 18.4 Å². The summed E-state index contributed by atoms with van der Waals surface area (Å²) in [6.07, 6.45) is 3.67. The number of carbonyl (C=O) groups is 1. The fraction of sp³-hybridized carbons (Fsp3) is 0.167. The Bertz CT molecular complexity index is 1400. The quantitative estimate of drug-likeness (QED) is 0.485. The zero-order valence-electron chi connectivity index (χ0n) is 17.5. The van der Waals surface area contributed by atoms with E-state index in [1.165, 1.54) is 13.1 Å². The maximum Gasteiger partial charge on any atom is 0.437 e. The molecule has 2 aromatic heterocycles. The molecule has 2 heterocycles. The van der Waals surface area contributed by atoms with Crippen molar-refractivity contribution in [2.45, 2.75) is 18.8 Å². The number of nitrogens with zero attached hydrogens (tertiary/aromatic N) is 3. The van der Waals surface area contributed by atoms with Gasteiger partial charge in [0.1, 0.15) is 17.2 Å². The first kappa shape index (κ1) is 20.7. The second-order valence-electron chi connectivity index (χ2n) is 7.86. The molecule has 166 valence electrons. The molecular weight excluding hydrogens is 430 g/mol. The summed E-state index contributed by atoms with van der Waals surface area (Å²) < 4.78 is 34.0. The molecule has 9 heteroatoms. The highest BCUT2D eigenvalue weighted by atomic mass is 19.1. The van der Waals surface area contributed by atoms with Gasteiger partial charge in [-0.15, -0.1) is 5.10 Å². The number of rotatable bonds is 5. The van der Waals surface area contributed by atoms with Crippen molar-refractivity contribution in [1.82, 2.24) is 14.8 Å². The average molecular weight is 448 g/mol. The summed E-state index contributed by atoms with van der Waals surface area (Å²) in [5.74, 6) is -2.70. The number of halogens is 2. The maximum absolute atomic E-state index is 13.9. The minimum atomic E-state index is -0.925. The van der Waals surface area contributed by atoms with Crippen LogP contribution in [0.25, 0.3) is 22.7 Å². The molecule has 33 heavy (non-hydrogen) atoms. The normalized spacial score (nSPS) is 13.2. The number of carbonyl (C=O) groups excluding carboxylic acids is 1.